The van der Waals surface area contributed by atoms with Crippen molar-refractivity contribution in [3.8, 4) is 0 Å². The van der Waals surface area contributed by atoms with Crippen molar-refractivity contribution in [1.82, 2.24) is 31.9 Å². The zero-order valence-corrected chi connectivity index (χ0v) is 33.8. The lowest BCUT2D eigenvalue weighted by atomic mass is 9.95. The lowest BCUT2D eigenvalue weighted by molar-refractivity contribution is -0.143. The van der Waals surface area contributed by atoms with Crippen LogP contribution >= 0.6 is 12.6 Å². The number of hydrogen-bond donors (Lipinski definition) is 12. The molecule has 14 N–H and O–H groups in total. The van der Waals surface area contributed by atoms with E-state index in [4.69, 9.17) is 17.2 Å². The Labute approximate surface area is 329 Å². The number of rotatable bonds is 28. The number of aliphatic carboxylic acids is 1. The number of aliphatic hydroxyl groups excluding tert-OH is 1. The molecule has 0 saturated carbocycles. The first kappa shape index (κ1) is 51.0. The van der Waals surface area contributed by atoms with E-state index >= 15 is 0 Å². The van der Waals surface area contributed by atoms with Crippen LogP contribution in [0.5, 0.6) is 0 Å². The summed E-state index contributed by atoms with van der Waals surface area (Å²) >= 11 is 4.02. The van der Waals surface area contributed by atoms with E-state index in [0.717, 1.165) is 0 Å². The average molecular weight is 804 g/mol. The van der Waals surface area contributed by atoms with Crippen LogP contribution in [0.1, 0.15) is 92.9 Å². The fourth-order valence-corrected chi connectivity index (χ4v) is 5.44. The summed E-state index contributed by atoms with van der Waals surface area (Å²) in [5, 5.41) is 34.0. The molecule has 9 atom stereocenters. The van der Waals surface area contributed by atoms with Crippen LogP contribution < -0.4 is 49.1 Å². The average Bonchev–Trinajstić information content (AvgIpc) is 3.13. The highest BCUT2D eigenvalue weighted by Crippen LogP contribution is 2.14. The Hall–Kier alpha value is -4.01. The number of hydrogen-bond acceptors (Lipinski definition) is 12. The van der Waals surface area contributed by atoms with Crippen molar-refractivity contribution in [1.29, 1.82) is 0 Å². The quantitative estimate of drug-likeness (QED) is 0.0295. The van der Waals surface area contributed by atoms with Gasteiger partial charge in [0.2, 0.25) is 41.4 Å². The fraction of sp³-hybridized carbons (Fsp3) is 0.771. The van der Waals surface area contributed by atoms with Crippen LogP contribution in [0.25, 0.3) is 0 Å². The number of primary amides is 1. The summed E-state index contributed by atoms with van der Waals surface area (Å²) in [5.74, 6) is -7.78. The minimum absolute atomic E-state index is 0.0196. The number of carboxylic acid groups (broad SMARTS) is 1. The normalized spacial score (nSPS) is 16.1. The van der Waals surface area contributed by atoms with Crippen LogP contribution in [0.15, 0.2) is 0 Å². The summed E-state index contributed by atoms with van der Waals surface area (Å²) in [6, 6.07) is -8.75. The highest BCUT2D eigenvalue weighted by Gasteiger charge is 2.36. The van der Waals surface area contributed by atoms with Gasteiger partial charge < -0.3 is 59.3 Å². The molecule has 0 aliphatic heterocycles. The molecule has 9 unspecified atom stereocenters. The number of nitrogens with one attached hydrogen (secondary N) is 6. The third-order valence-corrected chi connectivity index (χ3v) is 9.54. The molecule has 55 heavy (non-hydrogen) atoms. The number of carbonyl (C=O) groups is 8. The van der Waals surface area contributed by atoms with Crippen molar-refractivity contribution >= 4 is 59.9 Å². The summed E-state index contributed by atoms with van der Waals surface area (Å²) < 4.78 is 0. The Kier molecular flexibility index (Phi) is 24.8. The van der Waals surface area contributed by atoms with Crippen molar-refractivity contribution in [2.24, 2.45) is 35.0 Å². The summed E-state index contributed by atoms with van der Waals surface area (Å²) in [7, 11) is 0. The van der Waals surface area contributed by atoms with Crippen molar-refractivity contribution in [2.45, 2.75) is 135 Å². The van der Waals surface area contributed by atoms with Gasteiger partial charge in [-0.15, -0.1) is 0 Å². The molecule has 0 saturated heterocycles. The number of thiol groups is 1. The molecule has 19 nitrogen and oxygen atoms in total. The van der Waals surface area contributed by atoms with E-state index in [1.807, 2.05) is 13.8 Å². The monoisotopic (exact) mass is 803 g/mol. The molecule has 316 valence electrons. The number of nitrogens with two attached hydrogens (primary N) is 3. The molecule has 7 amide bonds. The molecule has 0 heterocycles. The van der Waals surface area contributed by atoms with Crippen LogP contribution in [0.2, 0.25) is 0 Å². The van der Waals surface area contributed by atoms with Gasteiger partial charge in [-0.2, -0.15) is 12.6 Å². The van der Waals surface area contributed by atoms with Gasteiger partial charge in [-0.1, -0.05) is 54.4 Å². The second-order valence-corrected chi connectivity index (χ2v) is 14.6. The predicted octanol–water partition coefficient (Wildman–Crippen LogP) is -2.24. The Morgan fingerprint density at radius 2 is 1.07 bits per heavy atom. The van der Waals surface area contributed by atoms with Crippen LogP contribution in [0, 0.1) is 17.8 Å². The van der Waals surface area contributed by atoms with Crippen molar-refractivity contribution < 1.29 is 48.6 Å². The van der Waals surface area contributed by atoms with Gasteiger partial charge >= 0.3 is 5.97 Å². The number of unbranched alkanes of at least 4 members (excludes halogenated alkanes) is 1. The van der Waals surface area contributed by atoms with Crippen molar-refractivity contribution in [3.63, 3.8) is 0 Å². The Bertz CT molecular complexity index is 1290. The second-order valence-electron chi connectivity index (χ2n) is 14.2. The molecule has 0 aromatic heterocycles. The SMILES string of the molecule is CCC(C)C(NC(=O)C(CCCCN)NC(=O)C(NC(=O)C(CCC(N)=O)NC(=O)C(CC(C)C)NC(=O)C(N)CS)C(C)CC)C(=O)NC(CO)C(=O)O. The van der Waals surface area contributed by atoms with Gasteiger partial charge in [-0.3, -0.25) is 33.6 Å². The minimum atomic E-state index is -1.61. The van der Waals surface area contributed by atoms with Gasteiger partial charge in [-0.05, 0) is 56.4 Å². The molecule has 0 rings (SSSR count). The van der Waals surface area contributed by atoms with E-state index < -0.39 is 108 Å². The standard InChI is InChI=1S/C35H65N9O10S/c1-7-19(5)27(44-31(49)23(12-13-26(38)46)39-32(50)24(15-18(3)4)41-29(47)21(37)17-55)33(51)40-22(11-9-10-14-36)30(48)43-28(20(6)8-2)34(52)42-25(16-45)35(53)54/h18-25,27-28,45,55H,7-17,36-37H2,1-6H3,(H2,38,46)(H,39,50)(H,40,51)(H,41,47)(H,42,52)(H,43,48)(H,44,49)(H,53,54). The molecule has 0 spiro atoms. The maximum absolute atomic E-state index is 13.9. The van der Waals surface area contributed by atoms with E-state index in [2.05, 4.69) is 44.5 Å². The zero-order chi connectivity index (χ0) is 42.4. The van der Waals surface area contributed by atoms with Gasteiger partial charge in [-0.25, -0.2) is 4.79 Å². The highest BCUT2D eigenvalue weighted by molar-refractivity contribution is 7.80. The molecule has 0 fully saturated rings. The first-order valence-electron chi connectivity index (χ1n) is 18.8. The van der Waals surface area contributed by atoms with Crippen molar-refractivity contribution in [3.05, 3.63) is 0 Å². The highest BCUT2D eigenvalue weighted by atomic mass is 32.1. The smallest absolute Gasteiger partial charge is 0.328 e. The van der Waals surface area contributed by atoms with Gasteiger partial charge in [0, 0.05) is 12.2 Å². The predicted molar refractivity (Wildman–Crippen MR) is 208 cm³/mol. The van der Waals surface area contributed by atoms with Crippen LogP contribution in [-0.2, 0) is 38.4 Å². The third-order valence-electron chi connectivity index (χ3n) is 9.15. The lowest BCUT2D eigenvalue weighted by Crippen LogP contribution is -2.61. The number of carboxylic acids is 1. The van der Waals surface area contributed by atoms with Crippen LogP contribution in [0.3, 0.4) is 0 Å². The Balaban J connectivity index is 6.45. The third kappa shape index (κ3) is 18.9. The van der Waals surface area contributed by atoms with E-state index in [9.17, 15) is 48.6 Å². The lowest BCUT2D eigenvalue weighted by Gasteiger charge is -2.30. The maximum Gasteiger partial charge on any atom is 0.328 e. The summed E-state index contributed by atoms with van der Waals surface area (Å²) in [4.78, 5) is 104. The fourth-order valence-electron chi connectivity index (χ4n) is 5.27. The van der Waals surface area contributed by atoms with E-state index in [1.54, 1.807) is 27.7 Å². The molecule has 0 aliphatic rings. The first-order valence-corrected chi connectivity index (χ1v) is 19.4. The van der Waals surface area contributed by atoms with Gasteiger partial charge in [0.25, 0.3) is 0 Å². The molecule has 0 aliphatic carbocycles. The zero-order valence-electron chi connectivity index (χ0n) is 32.9. The van der Waals surface area contributed by atoms with Gasteiger partial charge in [0.1, 0.15) is 36.3 Å². The molecule has 0 aromatic carbocycles. The molecule has 20 heteroatoms. The maximum atomic E-state index is 13.9. The number of amides is 7. The molecule has 0 aromatic rings. The molecular formula is C35H65N9O10S. The Morgan fingerprint density at radius 3 is 1.47 bits per heavy atom. The largest absolute Gasteiger partial charge is 0.480 e. The summed E-state index contributed by atoms with van der Waals surface area (Å²) in [6.07, 6.45) is 1.44. The van der Waals surface area contributed by atoms with Crippen LogP contribution in [-0.4, -0.2) is 119 Å². The van der Waals surface area contributed by atoms with Crippen LogP contribution in [0.4, 0.5) is 0 Å². The summed E-state index contributed by atoms with van der Waals surface area (Å²) in [6.45, 7) is 9.96. The van der Waals surface area contributed by atoms with Crippen molar-refractivity contribution in [2.75, 3.05) is 18.9 Å². The van der Waals surface area contributed by atoms with E-state index in [1.165, 1.54) is 0 Å². The minimum Gasteiger partial charge on any atom is -0.480 e. The molecular weight excluding hydrogens is 739 g/mol. The van der Waals surface area contributed by atoms with Gasteiger partial charge in [0.05, 0.1) is 12.6 Å². The van der Waals surface area contributed by atoms with Gasteiger partial charge in [0.15, 0.2) is 0 Å². The summed E-state index contributed by atoms with van der Waals surface area (Å²) in [5.41, 5.74) is 16.8. The Morgan fingerprint density at radius 1 is 0.636 bits per heavy atom. The molecule has 0 bridgehead atoms. The van der Waals surface area contributed by atoms with E-state index in [-0.39, 0.29) is 37.4 Å². The molecule has 0 radical (unpaired) electrons. The number of aliphatic hydroxyl groups is 1. The first-order chi connectivity index (χ1) is 25.8. The number of carbonyl (C=O) groups excluding carboxylic acids is 7. The van der Waals surface area contributed by atoms with E-state index in [0.29, 0.717) is 32.2 Å². The second kappa shape index (κ2) is 26.7. The topological polar surface area (TPSA) is 327 Å².